The van der Waals surface area contributed by atoms with Crippen LogP contribution in [0.15, 0.2) is 6.20 Å². The van der Waals surface area contributed by atoms with E-state index in [2.05, 4.69) is 9.97 Å². The largest absolute Gasteiger partial charge is 0.460 e. The van der Waals surface area contributed by atoms with Gasteiger partial charge in [0.05, 0.1) is 18.4 Å². The Morgan fingerprint density at radius 2 is 2.29 bits per heavy atom. The lowest BCUT2D eigenvalue weighted by Crippen LogP contribution is -2.12. The van der Waals surface area contributed by atoms with E-state index in [-0.39, 0.29) is 12.7 Å². The van der Waals surface area contributed by atoms with Crippen molar-refractivity contribution in [3.8, 4) is 6.01 Å². The van der Waals surface area contributed by atoms with Crippen LogP contribution in [0.3, 0.4) is 0 Å². The van der Waals surface area contributed by atoms with E-state index in [1.165, 1.54) is 0 Å². The molecule has 1 heterocycles. The van der Waals surface area contributed by atoms with Crippen LogP contribution < -0.4 is 4.74 Å². The molecule has 4 nitrogen and oxygen atoms in total. The Labute approximate surface area is 84.0 Å². The van der Waals surface area contributed by atoms with Gasteiger partial charge in [0.25, 0.3) is 0 Å². The van der Waals surface area contributed by atoms with E-state index >= 15 is 0 Å². The zero-order valence-corrected chi connectivity index (χ0v) is 8.82. The minimum absolute atomic E-state index is 0.0323. The SMILES string of the molecule is CCC(C)Oc1ncc(CO)c(C)n1. The average molecular weight is 196 g/mol. The standard InChI is InChI=1S/C10H16N2O2/c1-4-7(2)14-10-11-5-9(6-13)8(3)12-10/h5,7,13H,4,6H2,1-3H3. The van der Waals surface area contributed by atoms with Crippen LogP contribution in [0.1, 0.15) is 31.5 Å². The maximum Gasteiger partial charge on any atom is 0.316 e. The Morgan fingerprint density at radius 1 is 1.57 bits per heavy atom. The Hall–Kier alpha value is -1.16. The summed E-state index contributed by atoms with van der Waals surface area (Å²) in [4.78, 5) is 8.14. The summed E-state index contributed by atoms with van der Waals surface area (Å²) in [6.07, 6.45) is 2.64. The Bertz CT molecular complexity index is 302. The van der Waals surface area contributed by atoms with Gasteiger partial charge in [-0.3, -0.25) is 0 Å². The first-order chi connectivity index (χ1) is 6.67. The second kappa shape index (κ2) is 4.91. The molecule has 1 aromatic rings. The normalized spacial score (nSPS) is 12.6. The molecule has 1 aromatic heterocycles. The molecule has 0 saturated carbocycles. The third kappa shape index (κ3) is 2.67. The molecule has 0 fully saturated rings. The highest BCUT2D eigenvalue weighted by molar-refractivity contribution is 5.16. The minimum atomic E-state index is -0.0323. The monoisotopic (exact) mass is 196 g/mol. The molecule has 0 aliphatic heterocycles. The average Bonchev–Trinajstić information content (AvgIpc) is 2.18. The van der Waals surface area contributed by atoms with Crippen LogP contribution in [0.4, 0.5) is 0 Å². The highest BCUT2D eigenvalue weighted by Gasteiger charge is 2.06. The van der Waals surface area contributed by atoms with Crippen LogP contribution in [0.25, 0.3) is 0 Å². The molecule has 1 rings (SSSR count). The van der Waals surface area contributed by atoms with Gasteiger partial charge in [0.2, 0.25) is 0 Å². The number of aliphatic hydroxyl groups is 1. The lowest BCUT2D eigenvalue weighted by molar-refractivity contribution is 0.198. The van der Waals surface area contributed by atoms with Crippen LogP contribution in [0.5, 0.6) is 6.01 Å². The van der Waals surface area contributed by atoms with Crippen molar-refractivity contribution in [3.63, 3.8) is 0 Å². The second-order valence-electron chi connectivity index (χ2n) is 3.26. The van der Waals surface area contributed by atoms with Crippen molar-refractivity contribution >= 4 is 0 Å². The van der Waals surface area contributed by atoms with Crippen molar-refractivity contribution in [3.05, 3.63) is 17.5 Å². The summed E-state index contributed by atoms with van der Waals surface area (Å²) in [5.41, 5.74) is 1.50. The van der Waals surface area contributed by atoms with Crippen LogP contribution in [-0.2, 0) is 6.61 Å². The molecule has 0 bridgehead atoms. The molecule has 0 amide bonds. The number of aromatic nitrogens is 2. The molecular formula is C10H16N2O2. The summed E-state index contributed by atoms with van der Waals surface area (Å²) >= 11 is 0. The third-order valence-corrected chi connectivity index (χ3v) is 2.11. The zero-order chi connectivity index (χ0) is 10.6. The van der Waals surface area contributed by atoms with Crippen molar-refractivity contribution < 1.29 is 9.84 Å². The smallest absolute Gasteiger partial charge is 0.316 e. The zero-order valence-electron chi connectivity index (χ0n) is 8.82. The first kappa shape index (κ1) is 10.9. The van der Waals surface area contributed by atoms with E-state index in [1.807, 2.05) is 20.8 Å². The fourth-order valence-electron chi connectivity index (χ4n) is 0.946. The summed E-state index contributed by atoms with van der Waals surface area (Å²) in [7, 11) is 0. The second-order valence-corrected chi connectivity index (χ2v) is 3.26. The highest BCUT2D eigenvalue weighted by Crippen LogP contribution is 2.10. The van der Waals surface area contributed by atoms with Crippen molar-refractivity contribution in [1.29, 1.82) is 0 Å². The molecule has 14 heavy (non-hydrogen) atoms. The Balaban J connectivity index is 2.76. The van der Waals surface area contributed by atoms with Crippen molar-refractivity contribution in [2.45, 2.75) is 39.9 Å². The number of hydrogen-bond acceptors (Lipinski definition) is 4. The summed E-state index contributed by atoms with van der Waals surface area (Å²) in [5, 5.41) is 8.92. The first-order valence-electron chi connectivity index (χ1n) is 4.77. The van der Waals surface area contributed by atoms with E-state index in [0.717, 1.165) is 17.7 Å². The summed E-state index contributed by atoms with van der Waals surface area (Å²) in [6, 6.07) is 0.383. The highest BCUT2D eigenvalue weighted by atomic mass is 16.5. The number of rotatable bonds is 4. The lowest BCUT2D eigenvalue weighted by atomic mass is 10.3. The lowest BCUT2D eigenvalue weighted by Gasteiger charge is -2.11. The fourth-order valence-corrected chi connectivity index (χ4v) is 0.946. The number of aliphatic hydroxyl groups excluding tert-OH is 1. The van der Waals surface area contributed by atoms with Gasteiger partial charge in [-0.1, -0.05) is 6.92 Å². The summed E-state index contributed by atoms with van der Waals surface area (Å²) in [6.45, 7) is 5.81. The quantitative estimate of drug-likeness (QED) is 0.792. The molecule has 4 heteroatoms. The molecule has 0 saturated heterocycles. The van der Waals surface area contributed by atoms with Crippen LogP contribution in [0, 0.1) is 6.92 Å². The number of nitrogens with zero attached hydrogens (tertiary/aromatic N) is 2. The van der Waals surface area contributed by atoms with Crippen LogP contribution in [0.2, 0.25) is 0 Å². The number of ether oxygens (including phenoxy) is 1. The molecule has 1 unspecified atom stereocenters. The van der Waals surface area contributed by atoms with Crippen molar-refractivity contribution in [2.75, 3.05) is 0 Å². The molecular weight excluding hydrogens is 180 g/mol. The topological polar surface area (TPSA) is 55.2 Å². The molecule has 0 radical (unpaired) electrons. The van der Waals surface area contributed by atoms with Gasteiger partial charge in [-0.2, -0.15) is 0 Å². The maximum atomic E-state index is 8.92. The predicted octanol–water partition coefficient (Wildman–Crippen LogP) is 1.45. The molecule has 78 valence electrons. The Kier molecular flexibility index (Phi) is 3.83. The van der Waals surface area contributed by atoms with E-state index in [0.29, 0.717) is 6.01 Å². The van der Waals surface area contributed by atoms with Gasteiger partial charge in [0, 0.05) is 11.8 Å². The predicted molar refractivity (Wildman–Crippen MR) is 53.1 cm³/mol. The molecule has 0 aliphatic carbocycles. The molecule has 0 aliphatic rings. The van der Waals surface area contributed by atoms with E-state index in [4.69, 9.17) is 9.84 Å². The Morgan fingerprint density at radius 3 is 2.79 bits per heavy atom. The van der Waals surface area contributed by atoms with Gasteiger partial charge in [-0.05, 0) is 20.3 Å². The minimum Gasteiger partial charge on any atom is -0.460 e. The van der Waals surface area contributed by atoms with E-state index < -0.39 is 0 Å². The van der Waals surface area contributed by atoms with Gasteiger partial charge in [0.15, 0.2) is 0 Å². The summed E-state index contributed by atoms with van der Waals surface area (Å²) in [5.74, 6) is 0. The van der Waals surface area contributed by atoms with Crippen molar-refractivity contribution in [2.24, 2.45) is 0 Å². The molecule has 0 aromatic carbocycles. The molecule has 0 spiro atoms. The fraction of sp³-hybridized carbons (Fsp3) is 0.600. The number of hydrogen-bond donors (Lipinski definition) is 1. The van der Waals surface area contributed by atoms with Gasteiger partial charge >= 0.3 is 6.01 Å². The number of aryl methyl sites for hydroxylation is 1. The first-order valence-corrected chi connectivity index (χ1v) is 4.77. The molecule has 1 atom stereocenters. The van der Waals surface area contributed by atoms with E-state index in [9.17, 15) is 0 Å². The van der Waals surface area contributed by atoms with E-state index in [1.54, 1.807) is 6.20 Å². The van der Waals surface area contributed by atoms with Gasteiger partial charge < -0.3 is 9.84 Å². The van der Waals surface area contributed by atoms with Gasteiger partial charge in [0.1, 0.15) is 0 Å². The van der Waals surface area contributed by atoms with Crippen LogP contribution >= 0.6 is 0 Å². The maximum absolute atomic E-state index is 8.92. The molecule has 1 N–H and O–H groups in total. The van der Waals surface area contributed by atoms with Crippen LogP contribution in [-0.4, -0.2) is 21.2 Å². The van der Waals surface area contributed by atoms with Gasteiger partial charge in [-0.25, -0.2) is 9.97 Å². The van der Waals surface area contributed by atoms with Gasteiger partial charge in [-0.15, -0.1) is 0 Å². The third-order valence-electron chi connectivity index (χ3n) is 2.11. The summed E-state index contributed by atoms with van der Waals surface area (Å²) < 4.78 is 5.44. The van der Waals surface area contributed by atoms with Crippen molar-refractivity contribution in [1.82, 2.24) is 9.97 Å².